The first-order valence-corrected chi connectivity index (χ1v) is 9.18. The van der Waals surface area contributed by atoms with Gasteiger partial charge in [0.15, 0.2) is 0 Å². The molecular weight excluding hydrogens is 178 g/mol. The van der Waals surface area contributed by atoms with Crippen LogP contribution in [0.15, 0.2) is 0 Å². The SMILES string of the molecule is CC(C)N(C(C)C)[SiH](C)CC[SiH3]. The van der Waals surface area contributed by atoms with Gasteiger partial charge < -0.3 is 4.57 Å². The second-order valence-electron chi connectivity index (χ2n) is 4.27. The van der Waals surface area contributed by atoms with Crippen molar-refractivity contribution in [2.24, 2.45) is 0 Å². The molecule has 0 rings (SSSR count). The molecule has 0 fully saturated rings. The first-order valence-electron chi connectivity index (χ1n) is 5.28. The zero-order chi connectivity index (χ0) is 9.72. The van der Waals surface area contributed by atoms with E-state index in [0.29, 0.717) is 0 Å². The summed E-state index contributed by atoms with van der Waals surface area (Å²) in [7, 11) is 0.818. The molecule has 0 radical (unpaired) electrons. The summed E-state index contributed by atoms with van der Waals surface area (Å²) in [6.45, 7) is 11.8. The van der Waals surface area contributed by atoms with Crippen LogP contribution in [0.25, 0.3) is 0 Å². The molecule has 1 nitrogen and oxygen atoms in total. The van der Waals surface area contributed by atoms with Crippen LogP contribution in [0.2, 0.25) is 18.6 Å². The predicted molar refractivity (Wildman–Crippen MR) is 64.7 cm³/mol. The van der Waals surface area contributed by atoms with Crippen LogP contribution < -0.4 is 0 Å². The lowest BCUT2D eigenvalue weighted by Gasteiger charge is -2.35. The Morgan fingerprint density at radius 2 is 1.58 bits per heavy atom. The maximum atomic E-state index is 2.75. The van der Waals surface area contributed by atoms with Crippen LogP contribution >= 0.6 is 0 Å². The van der Waals surface area contributed by atoms with Crippen LogP contribution in [0.5, 0.6) is 0 Å². The van der Waals surface area contributed by atoms with Crippen molar-refractivity contribution in [1.29, 1.82) is 0 Å². The van der Waals surface area contributed by atoms with Gasteiger partial charge in [-0.3, -0.25) is 0 Å². The predicted octanol–water partition coefficient (Wildman–Crippen LogP) is 1.24. The summed E-state index contributed by atoms with van der Waals surface area (Å²) in [6.07, 6.45) is 0. The van der Waals surface area contributed by atoms with Crippen LogP contribution in [-0.4, -0.2) is 35.8 Å². The summed E-state index contributed by atoms with van der Waals surface area (Å²) < 4.78 is 2.75. The zero-order valence-corrected chi connectivity index (χ0v) is 12.7. The summed E-state index contributed by atoms with van der Waals surface area (Å²) in [4.78, 5) is 0. The molecule has 0 amide bonds. The summed E-state index contributed by atoms with van der Waals surface area (Å²) >= 11 is 0. The van der Waals surface area contributed by atoms with E-state index in [1.54, 1.807) is 0 Å². The molecule has 0 saturated heterocycles. The van der Waals surface area contributed by atoms with Gasteiger partial charge in [0.05, 0.1) is 0 Å². The Balaban J connectivity index is 4.09. The number of hydrogen-bond acceptors (Lipinski definition) is 1. The Labute approximate surface area is 82.6 Å². The van der Waals surface area contributed by atoms with Gasteiger partial charge >= 0.3 is 0 Å². The number of nitrogens with zero attached hydrogens (tertiary/aromatic N) is 1. The van der Waals surface area contributed by atoms with Gasteiger partial charge in [0.1, 0.15) is 8.96 Å². The van der Waals surface area contributed by atoms with Crippen molar-refractivity contribution in [2.45, 2.75) is 58.4 Å². The summed E-state index contributed by atoms with van der Waals surface area (Å²) in [5, 5.41) is 0. The highest BCUT2D eigenvalue weighted by molar-refractivity contribution is 6.55. The van der Waals surface area contributed by atoms with Gasteiger partial charge in [-0.15, -0.1) is 0 Å². The fourth-order valence-electron chi connectivity index (χ4n) is 2.18. The van der Waals surface area contributed by atoms with E-state index < -0.39 is 8.96 Å². The maximum absolute atomic E-state index is 2.75. The van der Waals surface area contributed by atoms with Crippen LogP contribution in [0.4, 0.5) is 0 Å². The molecule has 1 atom stereocenters. The molecule has 0 aliphatic rings. The molecule has 0 saturated carbocycles. The molecule has 0 aromatic rings. The second-order valence-corrected chi connectivity index (χ2v) is 8.14. The van der Waals surface area contributed by atoms with E-state index in [9.17, 15) is 0 Å². The van der Waals surface area contributed by atoms with Gasteiger partial charge in [0, 0.05) is 10.2 Å². The Morgan fingerprint density at radius 1 is 1.17 bits per heavy atom. The van der Waals surface area contributed by atoms with Crippen molar-refractivity contribution in [1.82, 2.24) is 4.57 Å². The van der Waals surface area contributed by atoms with Crippen molar-refractivity contribution in [2.75, 3.05) is 0 Å². The fourth-order valence-corrected chi connectivity index (χ4v) is 7.86. The molecule has 74 valence electrons. The maximum Gasteiger partial charge on any atom is 0.109 e. The highest BCUT2D eigenvalue weighted by Crippen LogP contribution is 2.11. The molecule has 3 heteroatoms. The van der Waals surface area contributed by atoms with E-state index in [1.165, 1.54) is 22.3 Å². The average molecular weight is 203 g/mol. The molecule has 1 unspecified atom stereocenters. The smallest absolute Gasteiger partial charge is 0.109 e. The van der Waals surface area contributed by atoms with Gasteiger partial charge in [0.25, 0.3) is 0 Å². The molecule has 0 aliphatic carbocycles. The summed E-state index contributed by atoms with van der Waals surface area (Å²) in [5.41, 5.74) is 0. The molecule has 12 heavy (non-hydrogen) atoms. The molecule has 0 N–H and O–H groups in total. The van der Waals surface area contributed by atoms with Gasteiger partial charge in [-0.1, -0.05) is 46.3 Å². The Bertz CT molecular complexity index is 107. The minimum absolute atomic E-state index is 0.565. The minimum atomic E-state index is -0.565. The molecule has 0 aromatic carbocycles. The third-order valence-electron chi connectivity index (χ3n) is 2.41. The zero-order valence-electron chi connectivity index (χ0n) is 9.59. The molecule has 0 spiro atoms. The van der Waals surface area contributed by atoms with E-state index in [1.807, 2.05) is 0 Å². The summed E-state index contributed by atoms with van der Waals surface area (Å²) in [5.74, 6) is 0. The van der Waals surface area contributed by atoms with Crippen LogP contribution in [0.3, 0.4) is 0 Å². The first kappa shape index (κ1) is 12.4. The van der Waals surface area contributed by atoms with E-state index in [0.717, 1.165) is 12.1 Å². The number of hydrogen-bond donors (Lipinski definition) is 0. The quantitative estimate of drug-likeness (QED) is 0.608. The van der Waals surface area contributed by atoms with Crippen molar-refractivity contribution in [3.8, 4) is 0 Å². The van der Waals surface area contributed by atoms with E-state index >= 15 is 0 Å². The van der Waals surface area contributed by atoms with Gasteiger partial charge in [0.2, 0.25) is 0 Å². The Morgan fingerprint density at radius 3 is 1.83 bits per heavy atom. The lowest BCUT2D eigenvalue weighted by Crippen LogP contribution is -2.46. The molecule has 0 heterocycles. The Hall–Kier alpha value is 0.394. The van der Waals surface area contributed by atoms with Crippen molar-refractivity contribution in [3.05, 3.63) is 0 Å². The Kier molecular flexibility index (Phi) is 6.14. The van der Waals surface area contributed by atoms with E-state index in [4.69, 9.17) is 0 Å². The van der Waals surface area contributed by atoms with Gasteiger partial charge in [-0.2, -0.15) is 0 Å². The van der Waals surface area contributed by atoms with Crippen molar-refractivity contribution in [3.63, 3.8) is 0 Å². The molecule has 0 aliphatic heterocycles. The lowest BCUT2D eigenvalue weighted by molar-refractivity contribution is 0.303. The topological polar surface area (TPSA) is 3.24 Å². The molecule has 0 bridgehead atoms. The normalized spacial score (nSPS) is 15.0. The first-order chi connectivity index (χ1) is 5.50. The van der Waals surface area contributed by atoms with Gasteiger partial charge in [-0.25, -0.2) is 0 Å². The third kappa shape index (κ3) is 3.87. The van der Waals surface area contributed by atoms with Crippen LogP contribution in [0, 0.1) is 0 Å². The van der Waals surface area contributed by atoms with E-state index in [2.05, 4.69) is 38.8 Å². The highest BCUT2D eigenvalue weighted by Gasteiger charge is 2.19. The minimum Gasteiger partial charge on any atom is -0.322 e. The average Bonchev–Trinajstić information content (AvgIpc) is 1.85. The second kappa shape index (κ2) is 5.94. The molecule has 0 aromatic heterocycles. The molecular formula is C9H25NSi2. The van der Waals surface area contributed by atoms with E-state index in [-0.39, 0.29) is 0 Å². The van der Waals surface area contributed by atoms with Crippen molar-refractivity contribution >= 4 is 19.2 Å². The standard InChI is InChI=1S/C9H25NSi2/c1-8(2)10(9(3)4)12(5)7-6-11/h8-9,12H,6-7H2,1-5,11H3. The number of rotatable bonds is 5. The van der Waals surface area contributed by atoms with Crippen LogP contribution in [0.1, 0.15) is 27.7 Å². The van der Waals surface area contributed by atoms with Crippen LogP contribution in [-0.2, 0) is 0 Å². The highest BCUT2D eigenvalue weighted by atomic mass is 28.3. The third-order valence-corrected chi connectivity index (χ3v) is 7.76. The lowest BCUT2D eigenvalue weighted by atomic mass is 10.3. The largest absolute Gasteiger partial charge is 0.322 e. The summed E-state index contributed by atoms with van der Waals surface area (Å²) in [6, 6.07) is 4.51. The monoisotopic (exact) mass is 203 g/mol. The van der Waals surface area contributed by atoms with Gasteiger partial charge in [-0.05, 0) is 12.1 Å². The van der Waals surface area contributed by atoms with Crippen molar-refractivity contribution < 1.29 is 0 Å². The fraction of sp³-hybridized carbons (Fsp3) is 1.00.